The molecule has 0 amide bonds. The molecular weight excluding hydrogens is 224 g/mol. The minimum absolute atomic E-state index is 0.404. The van der Waals surface area contributed by atoms with E-state index in [1.54, 1.807) is 0 Å². The van der Waals surface area contributed by atoms with Crippen molar-refractivity contribution >= 4 is 15.9 Å². The van der Waals surface area contributed by atoms with Crippen molar-refractivity contribution in [2.24, 2.45) is 11.8 Å². The first kappa shape index (κ1) is 11.6. The first-order valence-corrected chi connectivity index (χ1v) is 6.50. The van der Waals surface area contributed by atoms with Crippen molar-refractivity contribution in [3.63, 3.8) is 0 Å². The lowest BCUT2D eigenvalue weighted by molar-refractivity contribution is 0.268. The van der Waals surface area contributed by atoms with Crippen LogP contribution in [0.25, 0.3) is 0 Å². The first-order valence-electron chi connectivity index (χ1n) is 5.71. The Morgan fingerprint density at radius 3 is 2.23 bits per heavy atom. The Morgan fingerprint density at radius 1 is 1.23 bits per heavy atom. The van der Waals surface area contributed by atoms with Crippen LogP contribution in [-0.2, 0) is 0 Å². The summed E-state index contributed by atoms with van der Waals surface area (Å²) in [6.07, 6.45) is 8.55. The molecule has 0 aromatic carbocycles. The van der Waals surface area contributed by atoms with E-state index in [0.29, 0.717) is 4.32 Å². The van der Waals surface area contributed by atoms with Crippen LogP contribution in [0.4, 0.5) is 0 Å². The van der Waals surface area contributed by atoms with Crippen LogP contribution in [0.3, 0.4) is 0 Å². The maximum Gasteiger partial charge on any atom is 0.0260 e. The topological polar surface area (TPSA) is 0 Å². The van der Waals surface area contributed by atoms with Crippen LogP contribution >= 0.6 is 15.9 Å². The largest absolute Gasteiger partial charge is 0.0853 e. The third kappa shape index (κ3) is 3.61. The summed E-state index contributed by atoms with van der Waals surface area (Å²) in [5.41, 5.74) is 0. The van der Waals surface area contributed by atoms with Crippen molar-refractivity contribution in [3.8, 4) is 0 Å². The molecule has 0 N–H and O–H groups in total. The van der Waals surface area contributed by atoms with Crippen molar-refractivity contribution in [2.75, 3.05) is 0 Å². The number of hydrogen-bond donors (Lipinski definition) is 0. The van der Waals surface area contributed by atoms with Crippen LogP contribution in [-0.4, -0.2) is 4.32 Å². The molecule has 0 aromatic heterocycles. The second kappa shape index (κ2) is 4.82. The first-order chi connectivity index (χ1) is 6.02. The molecule has 13 heavy (non-hydrogen) atoms. The molecule has 0 radical (unpaired) electrons. The van der Waals surface area contributed by atoms with E-state index in [1.165, 1.54) is 38.5 Å². The predicted octanol–water partition coefficient (Wildman–Crippen LogP) is 4.77. The van der Waals surface area contributed by atoms with Crippen molar-refractivity contribution in [1.29, 1.82) is 0 Å². The van der Waals surface area contributed by atoms with E-state index in [4.69, 9.17) is 0 Å². The Morgan fingerprint density at radius 2 is 1.77 bits per heavy atom. The van der Waals surface area contributed by atoms with E-state index in [-0.39, 0.29) is 0 Å². The molecule has 1 heteroatoms. The van der Waals surface area contributed by atoms with Crippen LogP contribution in [0.5, 0.6) is 0 Å². The smallest absolute Gasteiger partial charge is 0.0260 e. The number of hydrogen-bond acceptors (Lipinski definition) is 0. The summed E-state index contributed by atoms with van der Waals surface area (Å²) in [7, 11) is 0. The molecule has 0 aromatic rings. The molecule has 0 bridgehead atoms. The molecule has 0 aliphatic heterocycles. The highest BCUT2D eigenvalue weighted by Crippen LogP contribution is 2.41. The van der Waals surface area contributed by atoms with E-state index in [0.717, 1.165) is 11.8 Å². The lowest BCUT2D eigenvalue weighted by Crippen LogP contribution is -2.31. The van der Waals surface area contributed by atoms with Gasteiger partial charge < -0.3 is 0 Å². The number of alkyl halides is 1. The van der Waals surface area contributed by atoms with Crippen LogP contribution in [0.2, 0.25) is 0 Å². The quantitative estimate of drug-likeness (QED) is 0.630. The van der Waals surface area contributed by atoms with Gasteiger partial charge in [0, 0.05) is 4.32 Å². The predicted molar refractivity (Wildman–Crippen MR) is 63.4 cm³/mol. The molecule has 1 atom stereocenters. The Kier molecular flexibility index (Phi) is 4.28. The Balaban J connectivity index is 2.45. The van der Waals surface area contributed by atoms with Crippen LogP contribution in [0, 0.1) is 11.8 Å². The van der Waals surface area contributed by atoms with E-state index in [1.807, 2.05) is 0 Å². The summed E-state index contributed by atoms with van der Waals surface area (Å²) < 4.78 is 0.404. The maximum absolute atomic E-state index is 3.94. The molecule has 0 saturated heterocycles. The lowest BCUT2D eigenvalue weighted by Gasteiger charge is -2.36. The number of halogens is 1. The van der Waals surface area contributed by atoms with Gasteiger partial charge in [-0.3, -0.25) is 0 Å². The van der Waals surface area contributed by atoms with Crippen molar-refractivity contribution in [2.45, 2.75) is 63.6 Å². The highest BCUT2D eigenvalue weighted by atomic mass is 79.9. The zero-order chi connectivity index (χ0) is 9.90. The van der Waals surface area contributed by atoms with E-state index in [2.05, 4.69) is 36.7 Å². The van der Waals surface area contributed by atoms with Gasteiger partial charge in [-0.2, -0.15) is 0 Å². The fourth-order valence-corrected chi connectivity index (χ4v) is 3.77. The average Bonchev–Trinajstić information content (AvgIpc) is 2.04. The zero-order valence-corrected chi connectivity index (χ0v) is 10.9. The molecule has 1 aliphatic rings. The minimum atomic E-state index is 0.404. The van der Waals surface area contributed by atoms with E-state index in [9.17, 15) is 0 Å². The van der Waals surface area contributed by atoms with Crippen LogP contribution in [0.1, 0.15) is 59.3 Å². The maximum atomic E-state index is 3.94. The highest BCUT2D eigenvalue weighted by molar-refractivity contribution is 9.10. The van der Waals surface area contributed by atoms with Crippen molar-refractivity contribution in [1.82, 2.24) is 0 Å². The Labute approximate surface area is 91.6 Å². The zero-order valence-electron chi connectivity index (χ0n) is 9.28. The fourth-order valence-electron chi connectivity index (χ4n) is 2.67. The van der Waals surface area contributed by atoms with Crippen LogP contribution < -0.4 is 0 Å². The van der Waals surface area contributed by atoms with Gasteiger partial charge in [0.05, 0.1) is 0 Å². The van der Waals surface area contributed by atoms with Gasteiger partial charge in [0.15, 0.2) is 0 Å². The molecule has 0 spiro atoms. The molecule has 78 valence electrons. The van der Waals surface area contributed by atoms with E-state index >= 15 is 0 Å². The molecule has 0 heterocycles. The second-order valence-corrected chi connectivity index (χ2v) is 7.02. The molecule has 1 fully saturated rings. The molecule has 0 nitrogen and oxygen atoms in total. The monoisotopic (exact) mass is 246 g/mol. The highest BCUT2D eigenvalue weighted by Gasteiger charge is 2.32. The van der Waals surface area contributed by atoms with Gasteiger partial charge >= 0.3 is 0 Å². The van der Waals surface area contributed by atoms with Gasteiger partial charge in [0.1, 0.15) is 0 Å². The summed E-state index contributed by atoms with van der Waals surface area (Å²) in [6.45, 7) is 7.04. The molecule has 1 rings (SSSR count). The molecule has 1 unspecified atom stereocenters. The minimum Gasteiger partial charge on any atom is -0.0853 e. The second-order valence-electron chi connectivity index (χ2n) is 5.21. The summed E-state index contributed by atoms with van der Waals surface area (Å²) in [5, 5.41) is 0. The van der Waals surface area contributed by atoms with Gasteiger partial charge in [0.25, 0.3) is 0 Å². The van der Waals surface area contributed by atoms with Gasteiger partial charge in [-0.05, 0) is 38.0 Å². The Hall–Kier alpha value is 0.480. The van der Waals surface area contributed by atoms with Gasteiger partial charge in [-0.15, -0.1) is 0 Å². The van der Waals surface area contributed by atoms with Crippen LogP contribution in [0.15, 0.2) is 0 Å². The normalized spacial score (nSPS) is 24.7. The molecule has 1 saturated carbocycles. The van der Waals surface area contributed by atoms with Crippen molar-refractivity contribution in [3.05, 3.63) is 0 Å². The van der Waals surface area contributed by atoms with Gasteiger partial charge in [-0.25, -0.2) is 0 Å². The van der Waals surface area contributed by atoms with Gasteiger partial charge in [0.2, 0.25) is 0 Å². The summed E-state index contributed by atoms with van der Waals surface area (Å²) in [5.74, 6) is 1.73. The van der Waals surface area contributed by atoms with Crippen molar-refractivity contribution < 1.29 is 0 Å². The third-order valence-electron chi connectivity index (χ3n) is 3.26. The SMILES string of the molecule is CC(C)CC(C)(Br)C1CCCCC1. The fraction of sp³-hybridized carbons (Fsp3) is 1.00. The number of rotatable bonds is 3. The Bertz CT molecular complexity index is 143. The summed E-state index contributed by atoms with van der Waals surface area (Å²) in [6, 6.07) is 0. The third-order valence-corrected chi connectivity index (χ3v) is 4.23. The summed E-state index contributed by atoms with van der Waals surface area (Å²) in [4.78, 5) is 0. The van der Waals surface area contributed by atoms with Gasteiger partial charge in [-0.1, -0.05) is 49.0 Å². The standard InChI is InChI=1S/C12H23Br/c1-10(2)9-12(3,13)11-7-5-4-6-8-11/h10-11H,4-9H2,1-3H3. The van der Waals surface area contributed by atoms with E-state index < -0.39 is 0 Å². The molecular formula is C12H23Br. The average molecular weight is 247 g/mol. The molecule has 1 aliphatic carbocycles. The lowest BCUT2D eigenvalue weighted by atomic mass is 9.77. The summed E-state index contributed by atoms with van der Waals surface area (Å²) >= 11 is 3.94.